The second kappa shape index (κ2) is 9.12. The number of halogens is 4. The molecule has 8 heteroatoms. The molecular formula is C16H12Br4O4. The van der Waals surface area contributed by atoms with E-state index in [1.54, 1.807) is 0 Å². The fourth-order valence-corrected chi connectivity index (χ4v) is 4.12. The normalized spacial score (nSPS) is 9.92. The van der Waals surface area contributed by atoms with Crippen LogP contribution in [0.15, 0.2) is 42.2 Å². The summed E-state index contributed by atoms with van der Waals surface area (Å²) in [5.41, 5.74) is 2.66. The van der Waals surface area contributed by atoms with E-state index >= 15 is 0 Å². The molecule has 2 N–H and O–H groups in total. The molecule has 128 valence electrons. The van der Waals surface area contributed by atoms with Gasteiger partial charge in [-0.05, 0) is 113 Å². The van der Waals surface area contributed by atoms with Gasteiger partial charge in [0.25, 0.3) is 0 Å². The first-order valence-electron chi connectivity index (χ1n) is 6.43. The Morgan fingerprint density at radius 1 is 0.667 bits per heavy atom. The quantitative estimate of drug-likeness (QED) is 0.313. The van der Waals surface area contributed by atoms with Gasteiger partial charge in [0.2, 0.25) is 0 Å². The van der Waals surface area contributed by atoms with Crippen molar-refractivity contribution in [3.63, 3.8) is 0 Å². The molecule has 0 aliphatic heterocycles. The van der Waals surface area contributed by atoms with Gasteiger partial charge in [-0.1, -0.05) is 0 Å². The van der Waals surface area contributed by atoms with Crippen molar-refractivity contribution in [1.82, 2.24) is 0 Å². The van der Waals surface area contributed by atoms with Crippen LogP contribution in [0.5, 0.6) is 0 Å². The van der Waals surface area contributed by atoms with Crippen LogP contribution in [0, 0.1) is 13.8 Å². The van der Waals surface area contributed by atoms with Gasteiger partial charge in [-0.15, -0.1) is 0 Å². The number of carbonyl (C=O) groups is 2. The van der Waals surface area contributed by atoms with E-state index in [0.717, 1.165) is 17.9 Å². The summed E-state index contributed by atoms with van der Waals surface area (Å²) in [6.45, 7) is 4.17. The van der Waals surface area contributed by atoms with Crippen molar-refractivity contribution in [2.24, 2.45) is 0 Å². The maximum atomic E-state index is 10.3. The summed E-state index contributed by atoms with van der Waals surface area (Å²) in [4.78, 5) is 20.7. The van der Waals surface area contributed by atoms with Gasteiger partial charge in [-0.25, -0.2) is 9.59 Å². The Hall–Kier alpha value is -0.700. The maximum absolute atomic E-state index is 10.3. The molecule has 2 aromatic rings. The number of benzene rings is 2. The number of aromatic carboxylic acids is 2. The van der Waals surface area contributed by atoms with Crippen LogP contribution < -0.4 is 0 Å². The summed E-state index contributed by atoms with van der Waals surface area (Å²) in [6.07, 6.45) is 0. The summed E-state index contributed by atoms with van der Waals surface area (Å²) in [7, 11) is 0. The standard InChI is InChI=1S/C8H6Br4.C8H6O4/c1-3-4(2)6(10)8(12)7(11)5(3)9;9-7(10)5-1-2-6(4-3-5)8(11)12/h1-2H3;1-4H,(H,9,10)(H,11,12). The fraction of sp³-hybridized carbons (Fsp3) is 0.125. The number of carboxylic acid groups (broad SMARTS) is 2. The summed E-state index contributed by atoms with van der Waals surface area (Å²) < 4.78 is 4.32. The van der Waals surface area contributed by atoms with Crippen LogP contribution in [0.25, 0.3) is 0 Å². The lowest BCUT2D eigenvalue weighted by molar-refractivity contribution is 0.0681. The minimum Gasteiger partial charge on any atom is -0.478 e. The Kier molecular flexibility index (Phi) is 8.11. The zero-order valence-electron chi connectivity index (χ0n) is 12.5. The Morgan fingerprint density at radius 3 is 1.12 bits per heavy atom. The SMILES string of the molecule is Cc1c(C)c(Br)c(Br)c(Br)c1Br.O=C(O)c1ccc(C(=O)O)cc1. The average molecular weight is 588 g/mol. The Balaban J connectivity index is 0.000000240. The first-order valence-corrected chi connectivity index (χ1v) is 9.60. The second-order valence-electron chi connectivity index (χ2n) is 4.69. The lowest BCUT2D eigenvalue weighted by Gasteiger charge is -2.10. The van der Waals surface area contributed by atoms with Crippen LogP contribution >= 0.6 is 63.7 Å². The molecule has 2 aromatic carbocycles. The molecule has 0 aliphatic carbocycles. The summed E-state index contributed by atoms with van der Waals surface area (Å²) in [5, 5.41) is 16.9. The predicted molar refractivity (Wildman–Crippen MR) is 107 cm³/mol. The highest BCUT2D eigenvalue weighted by Crippen LogP contribution is 2.41. The van der Waals surface area contributed by atoms with E-state index in [1.165, 1.54) is 35.4 Å². The Bertz CT molecular complexity index is 648. The monoisotopic (exact) mass is 584 g/mol. The molecule has 0 amide bonds. The van der Waals surface area contributed by atoms with Crippen molar-refractivity contribution in [2.75, 3.05) is 0 Å². The third-order valence-electron chi connectivity index (χ3n) is 3.18. The highest BCUT2D eigenvalue weighted by molar-refractivity contribution is 9.15. The minimum absolute atomic E-state index is 0.0833. The van der Waals surface area contributed by atoms with E-state index < -0.39 is 11.9 Å². The van der Waals surface area contributed by atoms with Crippen molar-refractivity contribution in [3.8, 4) is 0 Å². The molecule has 0 spiro atoms. The van der Waals surface area contributed by atoms with Gasteiger partial charge < -0.3 is 10.2 Å². The molecule has 4 nitrogen and oxygen atoms in total. The highest BCUT2D eigenvalue weighted by atomic mass is 79.9. The van der Waals surface area contributed by atoms with Gasteiger partial charge in [0.05, 0.1) is 11.1 Å². The number of hydrogen-bond donors (Lipinski definition) is 2. The van der Waals surface area contributed by atoms with Crippen LogP contribution in [0.1, 0.15) is 31.8 Å². The van der Waals surface area contributed by atoms with Crippen LogP contribution in [0.3, 0.4) is 0 Å². The molecule has 0 saturated carbocycles. The largest absolute Gasteiger partial charge is 0.478 e. The third-order valence-corrected chi connectivity index (χ3v) is 8.34. The molecule has 2 rings (SSSR count). The first kappa shape index (κ1) is 21.3. The molecule has 0 fully saturated rings. The van der Waals surface area contributed by atoms with Crippen LogP contribution in [-0.4, -0.2) is 22.2 Å². The molecule has 0 aliphatic rings. The van der Waals surface area contributed by atoms with E-state index in [4.69, 9.17) is 10.2 Å². The first-order chi connectivity index (χ1) is 11.1. The van der Waals surface area contributed by atoms with E-state index in [2.05, 4.69) is 77.6 Å². The molecular weight excluding hydrogens is 576 g/mol. The molecule has 0 heterocycles. The number of hydrogen-bond acceptors (Lipinski definition) is 2. The van der Waals surface area contributed by atoms with E-state index in [-0.39, 0.29) is 11.1 Å². The molecule has 0 bridgehead atoms. The number of carboxylic acids is 2. The lowest BCUT2D eigenvalue weighted by Crippen LogP contribution is -1.99. The molecule has 0 aromatic heterocycles. The van der Waals surface area contributed by atoms with E-state index in [1.807, 2.05) is 0 Å². The fourth-order valence-electron chi connectivity index (χ4n) is 1.61. The topological polar surface area (TPSA) is 74.6 Å². The van der Waals surface area contributed by atoms with Crippen molar-refractivity contribution < 1.29 is 19.8 Å². The van der Waals surface area contributed by atoms with Crippen LogP contribution in [0.4, 0.5) is 0 Å². The summed E-state index contributed by atoms with van der Waals surface area (Å²) >= 11 is 14.0. The highest BCUT2D eigenvalue weighted by Gasteiger charge is 2.12. The predicted octanol–water partition coefficient (Wildman–Crippen LogP) is 6.44. The Labute approximate surface area is 172 Å². The molecule has 0 saturated heterocycles. The Morgan fingerprint density at radius 2 is 0.917 bits per heavy atom. The third kappa shape index (κ3) is 5.15. The van der Waals surface area contributed by atoms with Gasteiger partial charge >= 0.3 is 11.9 Å². The smallest absolute Gasteiger partial charge is 0.335 e. The van der Waals surface area contributed by atoms with Crippen molar-refractivity contribution in [1.29, 1.82) is 0 Å². The van der Waals surface area contributed by atoms with Gasteiger partial charge in [0.1, 0.15) is 0 Å². The number of rotatable bonds is 2. The summed E-state index contributed by atoms with van der Waals surface area (Å²) in [6, 6.07) is 5.02. The zero-order chi connectivity index (χ0) is 18.6. The van der Waals surface area contributed by atoms with Crippen LogP contribution in [0.2, 0.25) is 0 Å². The minimum atomic E-state index is -1.06. The van der Waals surface area contributed by atoms with Gasteiger partial charge in [0.15, 0.2) is 0 Å². The van der Waals surface area contributed by atoms with Crippen LogP contribution in [-0.2, 0) is 0 Å². The van der Waals surface area contributed by atoms with Crippen molar-refractivity contribution in [3.05, 3.63) is 64.4 Å². The summed E-state index contributed by atoms with van der Waals surface area (Å²) in [5.74, 6) is -2.13. The van der Waals surface area contributed by atoms with Gasteiger partial charge in [-0.3, -0.25) is 0 Å². The van der Waals surface area contributed by atoms with Gasteiger partial charge in [-0.2, -0.15) is 0 Å². The molecule has 0 radical (unpaired) electrons. The molecule has 24 heavy (non-hydrogen) atoms. The second-order valence-corrected chi connectivity index (χ2v) is 7.87. The van der Waals surface area contributed by atoms with Gasteiger partial charge in [0, 0.05) is 17.9 Å². The maximum Gasteiger partial charge on any atom is 0.335 e. The molecule has 0 unspecified atom stereocenters. The average Bonchev–Trinajstić information content (AvgIpc) is 2.57. The van der Waals surface area contributed by atoms with Crippen molar-refractivity contribution >= 4 is 75.7 Å². The van der Waals surface area contributed by atoms with Crippen molar-refractivity contribution in [2.45, 2.75) is 13.8 Å². The lowest BCUT2D eigenvalue weighted by atomic mass is 10.1. The van der Waals surface area contributed by atoms with E-state index in [0.29, 0.717) is 0 Å². The zero-order valence-corrected chi connectivity index (χ0v) is 18.9. The van der Waals surface area contributed by atoms with E-state index in [9.17, 15) is 9.59 Å². The molecule has 0 atom stereocenters.